The SMILES string of the molecule is Cc1ccnc(N2CCC3CCC(C2)N3C)c1/C(N)=N/O. The first-order valence-electron chi connectivity index (χ1n) is 7.52. The third-order valence-electron chi connectivity index (χ3n) is 4.95. The number of aromatic nitrogens is 1. The molecule has 0 radical (unpaired) electrons. The third-order valence-corrected chi connectivity index (χ3v) is 4.95. The number of pyridine rings is 1. The number of oxime groups is 1. The van der Waals surface area contributed by atoms with Crippen molar-refractivity contribution in [3.63, 3.8) is 0 Å². The van der Waals surface area contributed by atoms with E-state index in [0.717, 1.165) is 36.5 Å². The number of likely N-dealkylation sites (N-methyl/N-ethyl adjacent to an activating group) is 1. The number of aryl methyl sites for hydroxylation is 1. The fraction of sp³-hybridized carbons (Fsp3) is 0.600. The third kappa shape index (κ3) is 2.44. The first-order chi connectivity index (χ1) is 10.1. The van der Waals surface area contributed by atoms with Crippen LogP contribution in [0.25, 0.3) is 0 Å². The Balaban J connectivity index is 1.96. The van der Waals surface area contributed by atoms with Crippen molar-refractivity contribution in [2.45, 2.75) is 38.3 Å². The predicted octanol–water partition coefficient (Wildman–Crippen LogP) is 1.16. The molecule has 0 amide bonds. The van der Waals surface area contributed by atoms with Crippen LogP contribution in [0, 0.1) is 6.92 Å². The molecule has 2 aliphatic heterocycles. The molecule has 2 atom stereocenters. The van der Waals surface area contributed by atoms with Gasteiger partial charge in [0.2, 0.25) is 0 Å². The molecule has 0 aromatic carbocycles. The normalized spacial score (nSPS) is 27.0. The number of amidine groups is 1. The molecule has 2 saturated heterocycles. The summed E-state index contributed by atoms with van der Waals surface area (Å²) in [6, 6.07) is 3.14. The lowest BCUT2D eigenvalue weighted by atomic mass is 10.1. The fourth-order valence-electron chi connectivity index (χ4n) is 3.65. The first-order valence-corrected chi connectivity index (χ1v) is 7.52. The molecule has 3 rings (SSSR count). The summed E-state index contributed by atoms with van der Waals surface area (Å²) in [5.41, 5.74) is 7.60. The first kappa shape index (κ1) is 14.1. The highest BCUT2D eigenvalue weighted by atomic mass is 16.4. The minimum atomic E-state index is 0.137. The standard InChI is InChI=1S/C15H23N5O/c1-10-5-7-17-15(13(10)14(16)18-21)20-8-6-11-3-4-12(9-20)19(11)2/h5,7,11-12,21H,3-4,6,8-9H2,1-2H3,(H2,16,18). The van der Waals surface area contributed by atoms with Crippen LogP contribution >= 0.6 is 0 Å². The van der Waals surface area contributed by atoms with Gasteiger partial charge in [-0.05, 0) is 44.9 Å². The molecule has 1 aromatic rings. The van der Waals surface area contributed by atoms with Gasteiger partial charge in [-0.1, -0.05) is 5.16 Å². The lowest BCUT2D eigenvalue weighted by Crippen LogP contribution is -2.38. The summed E-state index contributed by atoms with van der Waals surface area (Å²) < 4.78 is 0. The maximum Gasteiger partial charge on any atom is 0.174 e. The Hall–Kier alpha value is -1.82. The monoisotopic (exact) mass is 289 g/mol. The van der Waals surface area contributed by atoms with E-state index in [2.05, 4.69) is 27.0 Å². The average molecular weight is 289 g/mol. The van der Waals surface area contributed by atoms with Gasteiger partial charge in [-0.15, -0.1) is 0 Å². The summed E-state index contributed by atoms with van der Waals surface area (Å²) in [5.74, 6) is 0.976. The molecule has 0 spiro atoms. The summed E-state index contributed by atoms with van der Waals surface area (Å²) >= 11 is 0. The van der Waals surface area contributed by atoms with Gasteiger partial charge in [-0.2, -0.15) is 0 Å². The van der Waals surface area contributed by atoms with Gasteiger partial charge in [0, 0.05) is 31.4 Å². The van der Waals surface area contributed by atoms with Gasteiger partial charge in [0.05, 0.1) is 5.56 Å². The van der Waals surface area contributed by atoms with Crippen molar-refractivity contribution in [1.29, 1.82) is 0 Å². The molecule has 6 heteroatoms. The quantitative estimate of drug-likeness (QED) is 0.370. The maximum absolute atomic E-state index is 9.05. The van der Waals surface area contributed by atoms with Gasteiger partial charge in [0.25, 0.3) is 0 Å². The van der Waals surface area contributed by atoms with Crippen molar-refractivity contribution in [2.75, 3.05) is 25.0 Å². The second-order valence-corrected chi connectivity index (χ2v) is 6.10. The Labute approximate surface area is 125 Å². The zero-order valence-corrected chi connectivity index (χ0v) is 12.7. The van der Waals surface area contributed by atoms with Crippen LogP contribution in [0.1, 0.15) is 30.4 Å². The highest BCUT2D eigenvalue weighted by Crippen LogP contribution is 2.31. The van der Waals surface area contributed by atoms with E-state index in [9.17, 15) is 0 Å². The van der Waals surface area contributed by atoms with E-state index >= 15 is 0 Å². The Morgan fingerprint density at radius 1 is 1.38 bits per heavy atom. The van der Waals surface area contributed by atoms with Crippen LogP contribution in [0.3, 0.4) is 0 Å². The van der Waals surface area contributed by atoms with Crippen LogP contribution in [-0.4, -0.2) is 53.1 Å². The van der Waals surface area contributed by atoms with Crippen LogP contribution in [-0.2, 0) is 0 Å². The van der Waals surface area contributed by atoms with Gasteiger partial charge < -0.3 is 15.8 Å². The number of hydrogen-bond acceptors (Lipinski definition) is 5. The van der Waals surface area contributed by atoms with Gasteiger partial charge in [-0.25, -0.2) is 4.98 Å². The smallest absolute Gasteiger partial charge is 0.174 e. The lowest BCUT2D eigenvalue weighted by molar-refractivity contribution is 0.254. The Kier molecular flexibility index (Phi) is 3.71. The molecular weight excluding hydrogens is 266 g/mol. The van der Waals surface area contributed by atoms with E-state index in [1.807, 2.05) is 13.0 Å². The van der Waals surface area contributed by atoms with E-state index in [0.29, 0.717) is 12.1 Å². The van der Waals surface area contributed by atoms with Crippen LogP contribution < -0.4 is 10.6 Å². The van der Waals surface area contributed by atoms with E-state index in [-0.39, 0.29) is 5.84 Å². The fourth-order valence-corrected chi connectivity index (χ4v) is 3.65. The van der Waals surface area contributed by atoms with Crippen molar-refractivity contribution in [3.8, 4) is 0 Å². The predicted molar refractivity (Wildman–Crippen MR) is 82.9 cm³/mol. The number of nitrogens with zero attached hydrogens (tertiary/aromatic N) is 4. The summed E-state index contributed by atoms with van der Waals surface area (Å²) in [4.78, 5) is 9.31. The van der Waals surface area contributed by atoms with Gasteiger partial charge in [0.15, 0.2) is 5.84 Å². The molecular formula is C15H23N5O. The number of hydrogen-bond donors (Lipinski definition) is 2. The molecule has 0 aliphatic carbocycles. The van der Waals surface area contributed by atoms with Crippen LogP contribution in [0.5, 0.6) is 0 Å². The average Bonchev–Trinajstić information content (AvgIpc) is 2.71. The topological polar surface area (TPSA) is 78.0 Å². The maximum atomic E-state index is 9.05. The molecule has 2 aliphatic rings. The lowest BCUT2D eigenvalue weighted by Gasteiger charge is -2.28. The van der Waals surface area contributed by atoms with Crippen LogP contribution in [0.15, 0.2) is 17.4 Å². The Bertz CT molecular complexity index is 559. The van der Waals surface area contributed by atoms with Crippen LogP contribution in [0.2, 0.25) is 0 Å². The highest BCUT2D eigenvalue weighted by Gasteiger charge is 2.35. The van der Waals surface area contributed by atoms with Crippen LogP contribution in [0.4, 0.5) is 5.82 Å². The van der Waals surface area contributed by atoms with Crippen molar-refractivity contribution in [1.82, 2.24) is 9.88 Å². The zero-order chi connectivity index (χ0) is 15.0. The second kappa shape index (κ2) is 5.52. The van der Waals surface area contributed by atoms with E-state index in [4.69, 9.17) is 10.9 Å². The number of nitrogens with two attached hydrogens (primary N) is 1. The Morgan fingerprint density at radius 3 is 2.90 bits per heavy atom. The summed E-state index contributed by atoms with van der Waals surface area (Å²) in [6.45, 7) is 3.89. The number of fused-ring (bicyclic) bond motifs is 2. The number of anilines is 1. The summed E-state index contributed by atoms with van der Waals surface area (Å²) in [6.07, 6.45) is 5.47. The molecule has 114 valence electrons. The minimum Gasteiger partial charge on any atom is -0.409 e. The summed E-state index contributed by atoms with van der Waals surface area (Å²) in [5, 5.41) is 12.2. The molecule has 3 heterocycles. The molecule has 21 heavy (non-hydrogen) atoms. The van der Waals surface area contributed by atoms with Gasteiger partial charge in [0.1, 0.15) is 5.82 Å². The molecule has 2 bridgehead atoms. The van der Waals surface area contributed by atoms with Crippen molar-refractivity contribution in [2.24, 2.45) is 10.9 Å². The van der Waals surface area contributed by atoms with Crippen molar-refractivity contribution < 1.29 is 5.21 Å². The molecule has 6 nitrogen and oxygen atoms in total. The van der Waals surface area contributed by atoms with Crippen molar-refractivity contribution >= 4 is 11.7 Å². The highest BCUT2D eigenvalue weighted by molar-refractivity contribution is 6.02. The summed E-state index contributed by atoms with van der Waals surface area (Å²) in [7, 11) is 2.22. The second-order valence-electron chi connectivity index (χ2n) is 6.10. The minimum absolute atomic E-state index is 0.137. The molecule has 3 N–H and O–H groups in total. The van der Waals surface area contributed by atoms with Gasteiger partial charge in [-0.3, -0.25) is 4.90 Å². The van der Waals surface area contributed by atoms with E-state index in [1.54, 1.807) is 6.20 Å². The Morgan fingerprint density at radius 2 is 2.14 bits per heavy atom. The molecule has 2 fully saturated rings. The van der Waals surface area contributed by atoms with Crippen molar-refractivity contribution in [3.05, 3.63) is 23.4 Å². The largest absolute Gasteiger partial charge is 0.409 e. The molecule has 1 aromatic heterocycles. The zero-order valence-electron chi connectivity index (χ0n) is 12.7. The van der Waals surface area contributed by atoms with E-state index < -0.39 is 0 Å². The van der Waals surface area contributed by atoms with Gasteiger partial charge >= 0.3 is 0 Å². The van der Waals surface area contributed by atoms with E-state index in [1.165, 1.54) is 12.8 Å². The molecule has 2 unspecified atom stereocenters. The molecule has 0 saturated carbocycles. The number of rotatable bonds is 2.